The third kappa shape index (κ3) is 2.48. The van der Waals surface area contributed by atoms with Crippen molar-refractivity contribution in [3.8, 4) is 0 Å². The van der Waals surface area contributed by atoms with Crippen LogP contribution in [-0.2, 0) is 4.79 Å². The van der Waals surface area contributed by atoms with E-state index in [1.807, 2.05) is 0 Å². The standard InChI is InChI=1S/C9H14N2O2S/c12-8-3-6-14-9(13)11(8)5-4-10-7-1-2-7/h7,10H,1-6H2. The van der Waals surface area contributed by atoms with Gasteiger partial charge < -0.3 is 5.32 Å². The fourth-order valence-corrected chi connectivity index (χ4v) is 2.22. The minimum absolute atomic E-state index is 0.0219. The third-order valence-electron chi connectivity index (χ3n) is 2.41. The number of carbonyl (C=O) groups excluding carboxylic acids is 2. The van der Waals surface area contributed by atoms with Crippen molar-refractivity contribution in [3.63, 3.8) is 0 Å². The zero-order chi connectivity index (χ0) is 9.97. The lowest BCUT2D eigenvalue weighted by Crippen LogP contribution is -2.42. The molecule has 78 valence electrons. The molecule has 0 radical (unpaired) electrons. The number of carbonyl (C=O) groups is 2. The summed E-state index contributed by atoms with van der Waals surface area (Å²) in [6.45, 7) is 1.27. The van der Waals surface area contributed by atoms with E-state index in [2.05, 4.69) is 5.32 Å². The van der Waals surface area contributed by atoms with Crippen LogP contribution in [-0.4, -0.2) is 40.9 Å². The summed E-state index contributed by atoms with van der Waals surface area (Å²) in [4.78, 5) is 24.1. The van der Waals surface area contributed by atoms with Gasteiger partial charge in [-0.15, -0.1) is 0 Å². The molecule has 0 aromatic rings. The lowest BCUT2D eigenvalue weighted by molar-refractivity contribution is -0.127. The van der Waals surface area contributed by atoms with E-state index < -0.39 is 0 Å². The van der Waals surface area contributed by atoms with Gasteiger partial charge in [-0.1, -0.05) is 11.8 Å². The van der Waals surface area contributed by atoms with Crippen molar-refractivity contribution in [3.05, 3.63) is 0 Å². The van der Waals surface area contributed by atoms with Crippen LogP contribution in [0.25, 0.3) is 0 Å². The molecule has 0 aromatic carbocycles. The summed E-state index contributed by atoms with van der Waals surface area (Å²) in [5.41, 5.74) is 0. The molecule has 1 aliphatic heterocycles. The molecule has 1 saturated heterocycles. The highest BCUT2D eigenvalue weighted by Crippen LogP contribution is 2.19. The maximum atomic E-state index is 11.4. The van der Waals surface area contributed by atoms with Crippen molar-refractivity contribution in [1.82, 2.24) is 10.2 Å². The van der Waals surface area contributed by atoms with Crippen LogP contribution in [0.4, 0.5) is 4.79 Å². The first kappa shape index (κ1) is 9.98. The summed E-state index contributed by atoms with van der Waals surface area (Å²) in [5, 5.41) is 3.21. The van der Waals surface area contributed by atoms with Gasteiger partial charge in [-0.05, 0) is 12.8 Å². The fraction of sp³-hybridized carbons (Fsp3) is 0.778. The quantitative estimate of drug-likeness (QED) is 0.753. The van der Waals surface area contributed by atoms with Gasteiger partial charge in [0, 0.05) is 31.3 Å². The predicted octanol–water partition coefficient (Wildman–Crippen LogP) is 0.824. The number of hydrogen-bond donors (Lipinski definition) is 1. The lowest BCUT2D eigenvalue weighted by Gasteiger charge is -2.24. The van der Waals surface area contributed by atoms with Gasteiger partial charge in [0.05, 0.1) is 0 Å². The summed E-state index contributed by atoms with van der Waals surface area (Å²) in [5.74, 6) is 0.621. The van der Waals surface area contributed by atoms with E-state index in [1.165, 1.54) is 29.5 Å². The summed E-state index contributed by atoms with van der Waals surface area (Å²) in [7, 11) is 0. The molecule has 2 aliphatic rings. The van der Waals surface area contributed by atoms with Crippen molar-refractivity contribution in [1.29, 1.82) is 0 Å². The summed E-state index contributed by atoms with van der Waals surface area (Å²) >= 11 is 1.24. The molecule has 4 nitrogen and oxygen atoms in total. The van der Waals surface area contributed by atoms with Gasteiger partial charge in [0.25, 0.3) is 5.24 Å². The number of rotatable bonds is 4. The summed E-state index contributed by atoms with van der Waals surface area (Å²) in [6, 6.07) is 0.637. The second-order valence-corrected chi connectivity index (χ2v) is 4.68. The smallest absolute Gasteiger partial charge is 0.288 e. The molecular formula is C9H14N2O2S. The van der Waals surface area contributed by atoms with E-state index in [0.717, 1.165) is 6.54 Å². The maximum Gasteiger partial charge on any atom is 0.288 e. The topological polar surface area (TPSA) is 49.4 Å². The second-order valence-electron chi connectivity index (χ2n) is 3.64. The Morgan fingerprint density at radius 1 is 1.43 bits per heavy atom. The Kier molecular flexibility index (Phi) is 3.08. The average Bonchev–Trinajstić information content (AvgIpc) is 2.94. The summed E-state index contributed by atoms with van der Waals surface area (Å²) in [6.07, 6.45) is 2.97. The third-order valence-corrected chi connectivity index (χ3v) is 3.28. The van der Waals surface area contributed by atoms with E-state index in [4.69, 9.17) is 0 Å². The zero-order valence-electron chi connectivity index (χ0n) is 7.99. The van der Waals surface area contributed by atoms with E-state index in [1.54, 1.807) is 0 Å². The second kappa shape index (κ2) is 4.31. The molecule has 0 aromatic heterocycles. The van der Waals surface area contributed by atoms with Gasteiger partial charge in [0.2, 0.25) is 5.91 Å². The van der Waals surface area contributed by atoms with Gasteiger partial charge in [-0.2, -0.15) is 0 Å². The van der Waals surface area contributed by atoms with E-state index in [0.29, 0.717) is 24.8 Å². The average molecular weight is 214 g/mol. The van der Waals surface area contributed by atoms with E-state index in [9.17, 15) is 9.59 Å². The summed E-state index contributed by atoms with van der Waals surface area (Å²) < 4.78 is 0. The Morgan fingerprint density at radius 3 is 2.86 bits per heavy atom. The highest BCUT2D eigenvalue weighted by molar-refractivity contribution is 8.13. The molecule has 1 saturated carbocycles. The predicted molar refractivity (Wildman–Crippen MR) is 55.2 cm³/mol. The molecule has 2 fully saturated rings. The molecule has 5 heteroatoms. The monoisotopic (exact) mass is 214 g/mol. The van der Waals surface area contributed by atoms with Crippen LogP contribution in [0.1, 0.15) is 19.3 Å². The highest BCUT2D eigenvalue weighted by atomic mass is 32.2. The van der Waals surface area contributed by atoms with Gasteiger partial charge in [-0.25, -0.2) is 0 Å². The molecule has 0 spiro atoms. The minimum Gasteiger partial charge on any atom is -0.312 e. The normalized spacial score (nSPS) is 23.0. The van der Waals surface area contributed by atoms with Crippen LogP contribution in [0, 0.1) is 0 Å². The molecule has 1 heterocycles. The van der Waals surface area contributed by atoms with Crippen LogP contribution in [0.5, 0.6) is 0 Å². The zero-order valence-corrected chi connectivity index (χ0v) is 8.81. The van der Waals surface area contributed by atoms with Crippen molar-refractivity contribution in [2.75, 3.05) is 18.8 Å². The number of imide groups is 1. The van der Waals surface area contributed by atoms with Gasteiger partial charge in [0.15, 0.2) is 0 Å². The molecule has 1 N–H and O–H groups in total. The van der Waals surface area contributed by atoms with E-state index >= 15 is 0 Å². The van der Waals surface area contributed by atoms with Gasteiger partial charge in [-0.3, -0.25) is 14.5 Å². The minimum atomic E-state index is -0.0844. The van der Waals surface area contributed by atoms with Crippen molar-refractivity contribution < 1.29 is 9.59 Å². The number of nitrogens with zero attached hydrogens (tertiary/aromatic N) is 1. The largest absolute Gasteiger partial charge is 0.312 e. The molecule has 0 bridgehead atoms. The van der Waals surface area contributed by atoms with Crippen LogP contribution in [0.15, 0.2) is 0 Å². The van der Waals surface area contributed by atoms with Crippen LogP contribution in [0.2, 0.25) is 0 Å². The highest BCUT2D eigenvalue weighted by Gasteiger charge is 2.27. The van der Waals surface area contributed by atoms with Crippen LogP contribution >= 0.6 is 11.8 Å². The molecular weight excluding hydrogens is 200 g/mol. The van der Waals surface area contributed by atoms with Crippen LogP contribution < -0.4 is 5.32 Å². The van der Waals surface area contributed by atoms with Crippen molar-refractivity contribution in [2.45, 2.75) is 25.3 Å². The molecule has 2 rings (SSSR count). The lowest BCUT2D eigenvalue weighted by atomic mass is 10.4. The fourth-order valence-electron chi connectivity index (χ4n) is 1.42. The Hall–Kier alpha value is -0.550. The molecule has 0 atom stereocenters. The van der Waals surface area contributed by atoms with E-state index in [-0.39, 0.29) is 11.1 Å². The first-order valence-electron chi connectivity index (χ1n) is 4.98. The molecule has 0 unspecified atom stereocenters. The molecule has 1 aliphatic carbocycles. The molecule has 2 amide bonds. The van der Waals surface area contributed by atoms with Crippen LogP contribution in [0.3, 0.4) is 0 Å². The first-order chi connectivity index (χ1) is 6.77. The Bertz CT molecular complexity index is 237. The number of nitrogens with one attached hydrogen (secondary N) is 1. The molecule has 14 heavy (non-hydrogen) atoms. The first-order valence-corrected chi connectivity index (χ1v) is 5.96. The Morgan fingerprint density at radius 2 is 2.21 bits per heavy atom. The van der Waals surface area contributed by atoms with Gasteiger partial charge >= 0.3 is 0 Å². The SMILES string of the molecule is O=C1CCSC(=O)N1CCNC1CC1. The maximum absolute atomic E-state index is 11.4. The van der Waals surface area contributed by atoms with Crippen molar-refractivity contribution in [2.24, 2.45) is 0 Å². The number of hydrogen-bond acceptors (Lipinski definition) is 4. The van der Waals surface area contributed by atoms with Crippen molar-refractivity contribution >= 4 is 22.9 Å². The Labute approximate surface area is 87.4 Å². The Balaban J connectivity index is 1.75. The van der Waals surface area contributed by atoms with Gasteiger partial charge in [0.1, 0.15) is 0 Å². The number of amides is 2. The number of thioether (sulfide) groups is 1.